The first-order chi connectivity index (χ1) is 8.60. The molecule has 106 valence electrons. The van der Waals surface area contributed by atoms with Crippen LogP contribution in [-0.2, 0) is 9.53 Å². The zero-order valence-corrected chi connectivity index (χ0v) is 11.8. The van der Waals surface area contributed by atoms with E-state index in [2.05, 4.69) is 24.2 Å². The van der Waals surface area contributed by atoms with Crippen molar-refractivity contribution >= 4 is 5.91 Å². The molecular weight excluding hydrogens is 230 g/mol. The maximum atomic E-state index is 11.6. The van der Waals surface area contributed by atoms with E-state index in [1.165, 1.54) is 0 Å². The summed E-state index contributed by atoms with van der Waals surface area (Å²) in [5.74, 6) is 5.00. The lowest BCUT2D eigenvalue weighted by Crippen LogP contribution is -2.50. The summed E-state index contributed by atoms with van der Waals surface area (Å²) in [6.07, 6.45) is 3.63. The van der Waals surface area contributed by atoms with Crippen LogP contribution in [0.1, 0.15) is 40.0 Å². The van der Waals surface area contributed by atoms with Gasteiger partial charge in [0.2, 0.25) is 5.91 Å². The third-order valence-corrected chi connectivity index (χ3v) is 3.82. The Labute approximate surface area is 110 Å². The monoisotopic (exact) mass is 257 g/mol. The zero-order valence-electron chi connectivity index (χ0n) is 11.8. The molecule has 0 aromatic rings. The number of amides is 1. The van der Waals surface area contributed by atoms with Gasteiger partial charge in [-0.2, -0.15) is 0 Å². The van der Waals surface area contributed by atoms with Gasteiger partial charge in [0.25, 0.3) is 0 Å². The Morgan fingerprint density at radius 3 is 2.89 bits per heavy atom. The number of nitrogens with zero attached hydrogens (tertiary/aromatic N) is 1. The predicted octanol–water partition coefficient (Wildman–Crippen LogP) is 0.892. The number of ether oxygens (including phenoxy) is 1. The largest absolute Gasteiger partial charge is 0.377 e. The number of hydrogen-bond acceptors (Lipinski definition) is 4. The van der Waals surface area contributed by atoms with E-state index in [1.807, 2.05) is 6.92 Å². The Morgan fingerprint density at radius 1 is 1.56 bits per heavy atom. The van der Waals surface area contributed by atoms with Crippen molar-refractivity contribution in [2.75, 3.05) is 19.7 Å². The Kier molecular flexibility index (Phi) is 6.60. The van der Waals surface area contributed by atoms with Gasteiger partial charge in [0.05, 0.1) is 12.0 Å². The summed E-state index contributed by atoms with van der Waals surface area (Å²) >= 11 is 0. The third kappa shape index (κ3) is 4.23. The Bertz CT molecular complexity index is 261. The predicted molar refractivity (Wildman–Crippen MR) is 71.8 cm³/mol. The van der Waals surface area contributed by atoms with Gasteiger partial charge in [-0.1, -0.05) is 13.8 Å². The molecule has 0 aromatic heterocycles. The molecule has 18 heavy (non-hydrogen) atoms. The number of hydrogen-bond donors (Lipinski definition) is 2. The minimum absolute atomic E-state index is 0.0973. The fourth-order valence-electron chi connectivity index (χ4n) is 2.42. The molecule has 0 aliphatic carbocycles. The summed E-state index contributed by atoms with van der Waals surface area (Å²) in [6, 6.07) is 0.196. The molecule has 1 aliphatic heterocycles. The quantitative estimate of drug-likeness (QED) is 0.421. The average molecular weight is 257 g/mol. The maximum Gasteiger partial charge on any atom is 0.238 e. The van der Waals surface area contributed by atoms with Crippen LogP contribution < -0.4 is 11.3 Å². The molecule has 1 rings (SSSR count). The third-order valence-electron chi connectivity index (χ3n) is 3.82. The lowest BCUT2D eigenvalue weighted by atomic mass is 9.98. The Morgan fingerprint density at radius 2 is 2.28 bits per heavy atom. The van der Waals surface area contributed by atoms with Crippen LogP contribution in [0.25, 0.3) is 0 Å². The van der Waals surface area contributed by atoms with Crippen LogP contribution in [0.3, 0.4) is 0 Å². The van der Waals surface area contributed by atoms with Gasteiger partial charge in [-0.25, -0.2) is 5.84 Å². The first-order valence-electron chi connectivity index (χ1n) is 6.96. The molecule has 0 spiro atoms. The molecule has 3 N–H and O–H groups in total. The molecular formula is C13H27N3O2. The molecule has 3 unspecified atom stereocenters. The summed E-state index contributed by atoms with van der Waals surface area (Å²) in [7, 11) is 0. The number of carbonyl (C=O) groups is 1. The van der Waals surface area contributed by atoms with Gasteiger partial charge in [0.15, 0.2) is 0 Å². The van der Waals surface area contributed by atoms with Crippen LogP contribution >= 0.6 is 0 Å². The molecule has 1 saturated heterocycles. The molecule has 1 fully saturated rings. The second kappa shape index (κ2) is 7.71. The fraction of sp³-hybridized carbons (Fsp3) is 0.923. The summed E-state index contributed by atoms with van der Waals surface area (Å²) in [5, 5.41) is 0. The van der Waals surface area contributed by atoms with Gasteiger partial charge >= 0.3 is 0 Å². The first kappa shape index (κ1) is 15.4. The van der Waals surface area contributed by atoms with Gasteiger partial charge < -0.3 is 4.74 Å². The van der Waals surface area contributed by atoms with Crippen molar-refractivity contribution in [3.63, 3.8) is 0 Å². The lowest BCUT2D eigenvalue weighted by molar-refractivity contribution is -0.127. The van der Waals surface area contributed by atoms with Gasteiger partial charge in [0, 0.05) is 19.2 Å². The first-order valence-corrected chi connectivity index (χ1v) is 6.96. The van der Waals surface area contributed by atoms with E-state index in [1.54, 1.807) is 0 Å². The number of carbonyl (C=O) groups excluding carboxylic acids is 1. The van der Waals surface area contributed by atoms with E-state index in [0.29, 0.717) is 6.10 Å². The van der Waals surface area contributed by atoms with Crippen molar-refractivity contribution < 1.29 is 9.53 Å². The number of likely N-dealkylation sites (tertiary alicyclic amines) is 1. The number of nitrogens with two attached hydrogens (primary N) is 1. The molecule has 3 atom stereocenters. The summed E-state index contributed by atoms with van der Waals surface area (Å²) in [4.78, 5) is 13.9. The smallest absolute Gasteiger partial charge is 0.238 e. The normalized spacial score (nSPS) is 24.6. The van der Waals surface area contributed by atoms with Crippen LogP contribution in [0.5, 0.6) is 0 Å². The lowest BCUT2D eigenvalue weighted by Gasteiger charge is -2.38. The highest BCUT2D eigenvalue weighted by atomic mass is 16.5. The van der Waals surface area contributed by atoms with E-state index in [0.717, 1.165) is 39.0 Å². The SMILES string of the molecule is CCCOC1CCCN(C(C)C(C)C(=O)NN)C1. The molecule has 0 bridgehead atoms. The molecule has 1 heterocycles. The molecule has 1 amide bonds. The Balaban J connectivity index is 2.47. The molecule has 0 saturated carbocycles. The van der Waals surface area contributed by atoms with Gasteiger partial charge in [-0.15, -0.1) is 0 Å². The number of nitrogens with one attached hydrogen (secondary N) is 1. The molecule has 0 aromatic carbocycles. The Hall–Kier alpha value is -0.650. The second-order valence-corrected chi connectivity index (χ2v) is 5.17. The van der Waals surface area contributed by atoms with Gasteiger partial charge in [0.1, 0.15) is 0 Å². The molecule has 5 nitrogen and oxygen atoms in total. The van der Waals surface area contributed by atoms with Crippen LogP contribution in [0.2, 0.25) is 0 Å². The second-order valence-electron chi connectivity index (χ2n) is 5.17. The van der Waals surface area contributed by atoms with Crippen LogP contribution in [0.15, 0.2) is 0 Å². The van der Waals surface area contributed by atoms with Crippen molar-refractivity contribution in [2.45, 2.75) is 52.2 Å². The fourth-order valence-corrected chi connectivity index (χ4v) is 2.42. The molecule has 0 radical (unpaired) electrons. The van der Waals surface area contributed by atoms with Crippen molar-refractivity contribution in [1.82, 2.24) is 10.3 Å². The van der Waals surface area contributed by atoms with Crippen LogP contribution in [0.4, 0.5) is 0 Å². The molecule has 5 heteroatoms. The van der Waals surface area contributed by atoms with Crippen molar-refractivity contribution in [1.29, 1.82) is 0 Å². The topological polar surface area (TPSA) is 67.6 Å². The van der Waals surface area contributed by atoms with E-state index in [-0.39, 0.29) is 17.9 Å². The minimum atomic E-state index is -0.0981. The average Bonchev–Trinajstić information content (AvgIpc) is 2.42. The zero-order chi connectivity index (χ0) is 13.5. The summed E-state index contributed by atoms with van der Waals surface area (Å²) in [5.41, 5.74) is 2.23. The number of rotatable bonds is 6. The van der Waals surface area contributed by atoms with E-state index < -0.39 is 0 Å². The van der Waals surface area contributed by atoms with Crippen LogP contribution in [0, 0.1) is 5.92 Å². The van der Waals surface area contributed by atoms with Crippen molar-refractivity contribution in [2.24, 2.45) is 11.8 Å². The van der Waals surface area contributed by atoms with E-state index >= 15 is 0 Å². The number of piperidine rings is 1. The highest BCUT2D eigenvalue weighted by Gasteiger charge is 2.29. The molecule has 1 aliphatic rings. The standard InChI is InChI=1S/C13H27N3O2/c1-4-8-18-12-6-5-7-16(9-12)11(3)10(2)13(17)15-14/h10-12H,4-9,14H2,1-3H3,(H,15,17). The number of hydrazine groups is 1. The van der Waals surface area contributed by atoms with Gasteiger partial charge in [-0.05, 0) is 32.7 Å². The summed E-state index contributed by atoms with van der Waals surface area (Å²) < 4.78 is 5.81. The highest BCUT2D eigenvalue weighted by molar-refractivity contribution is 5.78. The van der Waals surface area contributed by atoms with Crippen LogP contribution in [-0.4, -0.2) is 42.6 Å². The van der Waals surface area contributed by atoms with Crippen molar-refractivity contribution in [3.05, 3.63) is 0 Å². The highest BCUT2D eigenvalue weighted by Crippen LogP contribution is 2.19. The summed E-state index contributed by atoms with van der Waals surface area (Å²) in [6.45, 7) is 8.91. The van der Waals surface area contributed by atoms with Crippen molar-refractivity contribution in [3.8, 4) is 0 Å². The maximum absolute atomic E-state index is 11.6. The van der Waals surface area contributed by atoms with E-state index in [9.17, 15) is 4.79 Å². The van der Waals surface area contributed by atoms with E-state index in [4.69, 9.17) is 10.6 Å². The minimum Gasteiger partial charge on any atom is -0.377 e. The van der Waals surface area contributed by atoms with Gasteiger partial charge in [-0.3, -0.25) is 15.1 Å².